The van der Waals surface area contributed by atoms with E-state index in [-0.39, 0.29) is 24.4 Å². The summed E-state index contributed by atoms with van der Waals surface area (Å²) in [5.41, 5.74) is 0.403. The molecule has 1 atom stereocenters. The van der Waals surface area contributed by atoms with E-state index < -0.39 is 5.82 Å². The smallest absolute Gasteiger partial charge is 0.254 e. The Balaban J connectivity index is 0.00000162. The number of carbonyl (C=O) groups is 1. The molecule has 18 heavy (non-hydrogen) atoms. The summed E-state index contributed by atoms with van der Waals surface area (Å²) in [5, 5.41) is 3.26. The van der Waals surface area contributed by atoms with Crippen LogP contribution in [-0.2, 0) is 0 Å². The Morgan fingerprint density at radius 2 is 2.28 bits per heavy atom. The number of rotatable bonds is 1. The highest BCUT2D eigenvalue weighted by atomic mass is 79.9. The molecule has 0 bridgehead atoms. The minimum absolute atomic E-state index is 0. The third-order valence-electron chi connectivity index (χ3n) is 2.82. The van der Waals surface area contributed by atoms with Crippen LogP contribution in [0.2, 0.25) is 0 Å². The highest BCUT2D eigenvalue weighted by Crippen LogP contribution is 2.17. The number of nitrogens with zero attached hydrogens (tertiary/aromatic N) is 1. The fraction of sp³-hybridized carbons (Fsp3) is 0.417. The van der Waals surface area contributed by atoms with Crippen LogP contribution in [0.1, 0.15) is 17.3 Å². The zero-order valence-electron chi connectivity index (χ0n) is 9.95. The van der Waals surface area contributed by atoms with Gasteiger partial charge in [0.2, 0.25) is 0 Å². The van der Waals surface area contributed by atoms with E-state index >= 15 is 0 Å². The number of hydrogen-bond acceptors (Lipinski definition) is 2. The van der Waals surface area contributed by atoms with E-state index in [1.165, 1.54) is 6.07 Å². The Morgan fingerprint density at radius 3 is 2.89 bits per heavy atom. The van der Waals surface area contributed by atoms with Crippen LogP contribution in [0.15, 0.2) is 22.7 Å². The molecule has 1 fully saturated rings. The van der Waals surface area contributed by atoms with Crippen LogP contribution < -0.4 is 5.32 Å². The van der Waals surface area contributed by atoms with Gasteiger partial charge in [-0.2, -0.15) is 0 Å². The maximum absolute atomic E-state index is 13.4. The molecule has 2 rings (SSSR count). The second kappa shape index (κ2) is 6.50. The van der Waals surface area contributed by atoms with Gasteiger partial charge in [-0.15, -0.1) is 12.4 Å². The van der Waals surface area contributed by atoms with Crippen molar-refractivity contribution in [2.45, 2.75) is 13.0 Å². The number of amides is 1. The number of piperazine rings is 1. The Bertz CT molecular complexity index is 444. The van der Waals surface area contributed by atoms with Crippen molar-refractivity contribution in [2.24, 2.45) is 0 Å². The first-order valence-electron chi connectivity index (χ1n) is 5.55. The SMILES string of the molecule is CC1CN(C(=O)c2ccc(Br)c(F)c2)CCN1.Cl. The van der Waals surface area contributed by atoms with Gasteiger partial charge in [0.25, 0.3) is 5.91 Å². The van der Waals surface area contributed by atoms with E-state index in [0.717, 1.165) is 6.54 Å². The van der Waals surface area contributed by atoms with Crippen LogP contribution in [0.25, 0.3) is 0 Å². The van der Waals surface area contributed by atoms with Crippen molar-refractivity contribution in [2.75, 3.05) is 19.6 Å². The molecule has 1 aliphatic heterocycles. The van der Waals surface area contributed by atoms with E-state index in [0.29, 0.717) is 23.1 Å². The number of carbonyl (C=O) groups excluding carboxylic acids is 1. The lowest BCUT2D eigenvalue weighted by Gasteiger charge is -2.32. The van der Waals surface area contributed by atoms with Crippen LogP contribution >= 0.6 is 28.3 Å². The monoisotopic (exact) mass is 336 g/mol. The molecule has 1 aliphatic rings. The lowest BCUT2D eigenvalue weighted by Crippen LogP contribution is -2.51. The van der Waals surface area contributed by atoms with E-state index in [9.17, 15) is 9.18 Å². The first-order valence-corrected chi connectivity index (χ1v) is 6.35. The van der Waals surface area contributed by atoms with Crippen LogP contribution in [0.5, 0.6) is 0 Å². The van der Waals surface area contributed by atoms with Gasteiger partial charge in [0.15, 0.2) is 0 Å². The van der Waals surface area contributed by atoms with E-state index in [4.69, 9.17) is 0 Å². The largest absolute Gasteiger partial charge is 0.336 e. The lowest BCUT2D eigenvalue weighted by atomic mass is 10.1. The highest BCUT2D eigenvalue weighted by Gasteiger charge is 2.22. The van der Waals surface area contributed by atoms with Gasteiger partial charge in [-0.25, -0.2) is 4.39 Å². The fourth-order valence-electron chi connectivity index (χ4n) is 1.93. The van der Waals surface area contributed by atoms with Gasteiger partial charge in [-0.3, -0.25) is 4.79 Å². The van der Waals surface area contributed by atoms with Crippen molar-refractivity contribution in [1.29, 1.82) is 0 Å². The van der Waals surface area contributed by atoms with Crippen LogP contribution in [0, 0.1) is 5.82 Å². The summed E-state index contributed by atoms with van der Waals surface area (Å²) in [4.78, 5) is 13.9. The second-order valence-corrected chi connectivity index (χ2v) is 5.09. The van der Waals surface area contributed by atoms with Crippen LogP contribution in [0.3, 0.4) is 0 Å². The molecule has 0 aromatic heterocycles. The molecule has 1 N–H and O–H groups in total. The third-order valence-corrected chi connectivity index (χ3v) is 3.47. The van der Waals surface area contributed by atoms with Crippen molar-refractivity contribution >= 4 is 34.2 Å². The number of halogens is 3. The summed E-state index contributed by atoms with van der Waals surface area (Å²) in [5.74, 6) is -0.510. The molecule has 1 aromatic carbocycles. The van der Waals surface area contributed by atoms with E-state index in [1.807, 2.05) is 6.92 Å². The van der Waals surface area contributed by atoms with Crippen molar-refractivity contribution in [3.05, 3.63) is 34.1 Å². The molecule has 6 heteroatoms. The first kappa shape index (κ1) is 15.4. The zero-order chi connectivity index (χ0) is 12.4. The topological polar surface area (TPSA) is 32.3 Å². The Labute approximate surface area is 120 Å². The standard InChI is InChI=1S/C12H14BrFN2O.ClH/c1-8-7-16(5-4-15-8)12(17)9-2-3-10(13)11(14)6-9;/h2-3,6,8,15H,4-5,7H2,1H3;1H. The summed E-state index contributed by atoms with van der Waals surface area (Å²) in [6.45, 7) is 4.14. The van der Waals surface area contributed by atoms with Crippen molar-refractivity contribution in [3.8, 4) is 0 Å². The molecule has 3 nitrogen and oxygen atoms in total. The number of nitrogens with one attached hydrogen (secondary N) is 1. The lowest BCUT2D eigenvalue weighted by molar-refractivity contribution is 0.0708. The molecule has 1 amide bonds. The van der Waals surface area contributed by atoms with Gasteiger partial charge in [0, 0.05) is 31.2 Å². The molecule has 1 saturated heterocycles. The van der Waals surface area contributed by atoms with Gasteiger partial charge in [-0.05, 0) is 41.1 Å². The number of benzene rings is 1. The summed E-state index contributed by atoms with van der Waals surface area (Å²) in [7, 11) is 0. The molecular weight excluding hydrogens is 322 g/mol. The quantitative estimate of drug-likeness (QED) is 0.854. The summed E-state index contributed by atoms with van der Waals surface area (Å²) >= 11 is 3.07. The molecule has 1 heterocycles. The Morgan fingerprint density at radius 1 is 1.56 bits per heavy atom. The van der Waals surface area contributed by atoms with Crippen molar-refractivity contribution in [3.63, 3.8) is 0 Å². The van der Waals surface area contributed by atoms with Crippen molar-refractivity contribution < 1.29 is 9.18 Å². The second-order valence-electron chi connectivity index (χ2n) is 4.24. The highest BCUT2D eigenvalue weighted by molar-refractivity contribution is 9.10. The Hall–Kier alpha value is -0.650. The summed E-state index contributed by atoms with van der Waals surface area (Å²) < 4.78 is 13.7. The van der Waals surface area contributed by atoms with Gasteiger partial charge >= 0.3 is 0 Å². The Kier molecular flexibility index (Phi) is 5.56. The maximum Gasteiger partial charge on any atom is 0.254 e. The molecule has 1 aromatic rings. The molecular formula is C12H15BrClFN2O. The minimum atomic E-state index is -0.404. The average molecular weight is 338 g/mol. The maximum atomic E-state index is 13.4. The molecule has 1 unspecified atom stereocenters. The predicted molar refractivity (Wildman–Crippen MR) is 74.7 cm³/mol. The number of hydrogen-bond donors (Lipinski definition) is 1. The first-order chi connectivity index (χ1) is 8.08. The molecule has 100 valence electrons. The van der Waals surface area contributed by atoms with Crippen molar-refractivity contribution in [1.82, 2.24) is 10.2 Å². The third kappa shape index (κ3) is 3.43. The molecule has 0 radical (unpaired) electrons. The van der Waals surface area contributed by atoms with Gasteiger partial charge in [-0.1, -0.05) is 0 Å². The van der Waals surface area contributed by atoms with Crippen LogP contribution in [-0.4, -0.2) is 36.5 Å². The van der Waals surface area contributed by atoms with Crippen LogP contribution in [0.4, 0.5) is 4.39 Å². The molecule has 0 spiro atoms. The van der Waals surface area contributed by atoms with E-state index in [2.05, 4.69) is 21.2 Å². The summed E-state index contributed by atoms with van der Waals surface area (Å²) in [6.07, 6.45) is 0. The summed E-state index contributed by atoms with van der Waals surface area (Å²) in [6, 6.07) is 4.77. The van der Waals surface area contributed by atoms with Gasteiger partial charge in [0.1, 0.15) is 5.82 Å². The zero-order valence-corrected chi connectivity index (χ0v) is 12.4. The van der Waals surface area contributed by atoms with Gasteiger partial charge in [0.05, 0.1) is 4.47 Å². The molecule has 0 saturated carbocycles. The van der Waals surface area contributed by atoms with Gasteiger partial charge < -0.3 is 10.2 Å². The normalized spacial score (nSPS) is 19.3. The minimum Gasteiger partial charge on any atom is -0.336 e. The fourth-order valence-corrected chi connectivity index (χ4v) is 2.18. The molecule has 0 aliphatic carbocycles. The average Bonchev–Trinajstić information content (AvgIpc) is 2.32. The van der Waals surface area contributed by atoms with E-state index in [1.54, 1.807) is 17.0 Å². The predicted octanol–water partition coefficient (Wildman–Crippen LogP) is 2.44.